The first-order chi connectivity index (χ1) is 14.0. The number of nitro groups is 1. The molecule has 29 heavy (non-hydrogen) atoms. The second-order valence-corrected chi connectivity index (χ2v) is 7.33. The molecule has 2 aromatic carbocycles. The topological polar surface area (TPSA) is 111 Å². The van der Waals surface area contributed by atoms with Crippen molar-refractivity contribution in [2.45, 2.75) is 31.5 Å². The number of nitro benzene ring substituents is 1. The van der Waals surface area contributed by atoms with E-state index in [0.29, 0.717) is 5.56 Å². The fourth-order valence-corrected chi connectivity index (χ4v) is 3.29. The van der Waals surface area contributed by atoms with Gasteiger partial charge in [0.05, 0.1) is 16.7 Å². The van der Waals surface area contributed by atoms with Gasteiger partial charge >= 0.3 is 0 Å². The van der Waals surface area contributed by atoms with Crippen LogP contribution in [0.1, 0.15) is 30.5 Å². The number of carbonyl (C=O) groups is 1. The van der Waals surface area contributed by atoms with Gasteiger partial charge in [-0.05, 0) is 25.0 Å². The van der Waals surface area contributed by atoms with Gasteiger partial charge in [0.1, 0.15) is 0 Å². The molecule has 3 aromatic rings. The van der Waals surface area contributed by atoms with Crippen molar-refractivity contribution in [3.63, 3.8) is 0 Å². The highest BCUT2D eigenvalue weighted by atomic mass is 32.2. The van der Waals surface area contributed by atoms with Crippen molar-refractivity contribution < 1.29 is 14.1 Å². The van der Waals surface area contributed by atoms with Gasteiger partial charge in [0, 0.05) is 17.7 Å². The third-order valence-corrected chi connectivity index (χ3v) is 5.08. The lowest BCUT2D eigenvalue weighted by Crippen LogP contribution is -2.29. The molecule has 0 radical (unpaired) electrons. The minimum atomic E-state index is -0.488. The average Bonchev–Trinajstić information content (AvgIpc) is 3.20. The van der Waals surface area contributed by atoms with Crippen molar-refractivity contribution in [3.05, 3.63) is 69.8 Å². The van der Waals surface area contributed by atoms with E-state index in [1.54, 1.807) is 12.1 Å². The Morgan fingerprint density at radius 2 is 2.00 bits per heavy atom. The Kier molecular flexibility index (Phi) is 6.61. The lowest BCUT2D eigenvalue weighted by atomic mass is 10.0. The average molecular weight is 412 g/mol. The largest absolute Gasteiger partial charge is 0.411 e. The minimum absolute atomic E-state index is 0.0593. The molecule has 0 spiro atoms. The molecule has 0 saturated carbocycles. The maximum absolute atomic E-state index is 12.3. The van der Waals surface area contributed by atoms with Crippen LogP contribution in [0.3, 0.4) is 0 Å². The van der Waals surface area contributed by atoms with E-state index in [1.807, 2.05) is 38.1 Å². The molecular weight excluding hydrogens is 392 g/mol. The Hall–Kier alpha value is -3.20. The van der Waals surface area contributed by atoms with Gasteiger partial charge in [0.25, 0.3) is 10.9 Å². The van der Waals surface area contributed by atoms with Gasteiger partial charge in [0.15, 0.2) is 0 Å². The summed E-state index contributed by atoms with van der Waals surface area (Å²) in [6, 6.07) is 14.0. The number of carbonyl (C=O) groups excluding carboxylic acids is 1. The third-order valence-electron chi connectivity index (χ3n) is 4.26. The molecule has 9 heteroatoms. The highest BCUT2D eigenvalue weighted by molar-refractivity contribution is 7.99. The zero-order chi connectivity index (χ0) is 20.8. The number of aryl methyl sites for hydroxylation is 1. The molecule has 0 aliphatic carbocycles. The summed E-state index contributed by atoms with van der Waals surface area (Å²) in [4.78, 5) is 22.7. The smallest absolute Gasteiger partial charge is 0.277 e. The number of non-ortho nitro benzene ring substituents is 1. The zero-order valence-electron chi connectivity index (χ0n) is 16.0. The van der Waals surface area contributed by atoms with E-state index in [1.165, 1.54) is 17.7 Å². The molecule has 0 saturated heterocycles. The number of amides is 1. The monoisotopic (exact) mass is 412 g/mol. The molecule has 8 nitrogen and oxygen atoms in total. The summed E-state index contributed by atoms with van der Waals surface area (Å²) in [6.07, 6.45) is 0.775. The number of thioether (sulfide) groups is 1. The van der Waals surface area contributed by atoms with Crippen LogP contribution in [0.25, 0.3) is 11.5 Å². The van der Waals surface area contributed by atoms with E-state index in [-0.39, 0.29) is 34.5 Å². The molecule has 0 aliphatic heterocycles. The van der Waals surface area contributed by atoms with Gasteiger partial charge in [-0.25, -0.2) is 0 Å². The van der Waals surface area contributed by atoms with Gasteiger partial charge in [0.2, 0.25) is 11.8 Å². The van der Waals surface area contributed by atoms with E-state index >= 15 is 0 Å². The van der Waals surface area contributed by atoms with Crippen molar-refractivity contribution >= 4 is 23.4 Å². The zero-order valence-corrected chi connectivity index (χ0v) is 16.8. The Balaban J connectivity index is 1.59. The molecule has 1 heterocycles. The van der Waals surface area contributed by atoms with E-state index in [2.05, 4.69) is 15.5 Å². The summed E-state index contributed by atoms with van der Waals surface area (Å²) in [7, 11) is 0. The van der Waals surface area contributed by atoms with E-state index < -0.39 is 4.92 Å². The van der Waals surface area contributed by atoms with E-state index in [0.717, 1.165) is 23.7 Å². The molecule has 0 bridgehead atoms. The first kappa shape index (κ1) is 20.5. The van der Waals surface area contributed by atoms with Crippen LogP contribution in [0.5, 0.6) is 0 Å². The van der Waals surface area contributed by atoms with Crippen LogP contribution >= 0.6 is 11.8 Å². The number of nitrogens with zero attached hydrogens (tertiary/aromatic N) is 3. The lowest BCUT2D eigenvalue weighted by Gasteiger charge is -2.17. The number of aromatic nitrogens is 2. The predicted molar refractivity (Wildman–Crippen MR) is 109 cm³/mol. The van der Waals surface area contributed by atoms with Crippen LogP contribution in [0.2, 0.25) is 0 Å². The third kappa shape index (κ3) is 5.41. The Morgan fingerprint density at radius 3 is 2.69 bits per heavy atom. The van der Waals surface area contributed by atoms with Crippen LogP contribution in [-0.2, 0) is 4.79 Å². The van der Waals surface area contributed by atoms with Crippen molar-refractivity contribution in [1.29, 1.82) is 0 Å². The Bertz CT molecular complexity index is 1000. The Morgan fingerprint density at radius 1 is 1.24 bits per heavy atom. The van der Waals surface area contributed by atoms with Gasteiger partial charge in [-0.1, -0.05) is 54.6 Å². The highest BCUT2D eigenvalue weighted by Gasteiger charge is 2.16. The molecule has 150 valence electrons. The number of hydrogen-bond acceptors (Lipinski definition) is 7. The summed E-state index contributed by atoms with van der Waals surface area (Å²) in [5.41, 5.74) is 2.62. The van der Waals surface area contributed by atoms with Crippen molar-refractivity contribution in [1.82, 2.24) is 15.5 Å². The quantitative estimate of drug-likeness (QED) is 0.333. The van der Waals surface area contributed by atoms with Crippen LogP contribution in [0.4, 0.5) is 5.69 Å². The van der Waals surface area contributed by atoms with Gasteiger partial charge < -0.3 is 9.73 Å². The fraction of sp³-hybridized carbons (Fsp3) is 0.250. The molecule has 3 rings (SSSR count). The van der Waals surface area contributed by atoms with Gasteiger partial charge in [-0.15, -0.1) is 10.2 Å². The van der Waals surface area contributed by atoms with E-state index in [9.17, 15) is 14.9 Å². The van der Waals surface area contributed by atoms with Crippen LogP contribution in [0, 0.1) is 17.0 Å². The van der Waals surface area contributed by atoms with Crippen molar-refractivity contribution in [2.24, 2.45) is 0 Å². The molecule has 1 atom stereocenters. The normalized spacial score (nSPS) is 11.8. The first-order valence-electron chi connectivity index (χ1n) is 9.03. The van der Waals surface area contributed by atoms with E-state index in [4.69, 9.17) is 4.42 Å². The molecule has 0 unspecified atom stereocenters. The lowest BCUT2D eigenvalue weighted by molar-refractivity contribution is -0.384. The molecule has 1 amide bonds. The number of benzene rings is 2. The summed E-state index contributed by atoms with van der Waals surface area (Å²) in [5.74, 6) is 0.152. The highest BCUT2D eigenvalue weighted by Crippen LogP contribution is 2.26. The van der Waals surface area contributed by atoms with Gasteiger partial charge in [-0.2, -0.15) is 0 Å². The summed E-state index contributed by atoms with van der Waals surface area (Å²) in [6.45, 7) is 4.04. The second kappa shape index (κ2) is 9.33. The number of hydrogen-bond donors (Lipinski definition) is 1. The maximum atomic E-state index is 12.3. The summed E-state index contributed by atoms with van der Waals surface area (Å²) in [5, 5.41) is 21.9. The van der Waals surface area contributed by atoms with Crippen LogP contribution in [-0.4, -0.2) is 26.8 Å². The summed E-state index contributed by atoms with van der Waals surface area (Å²) < 4.78 is 5.52. The van der Waals surface area contributed by atoms with Gasteiger partial charge in [-0.3, -0.25) is 14.9 Å². The minimum Gasteiger partial charge on any atom is -0.411 e. The van der Waals surface area contributed by atoms with Crippen molar-refractivity contribution in [3.8, 4) is 11.5 Å². The number of rotatable bonds is 8. The molecule has 1 aromatic heterocycles. The number of nitrogens with one attached hydrogen (secondary N) is 1. The molecule has 1 N–H and O–H groups in total. The first-order valence-corrected chi connectivity index (χ1v) is 10.0. The maximum Gasteiger partial charge on any atom is 0.277 e. The Labute approximate surface area is 171 Å². The molecular formula is C20H20N4O4S. The molecule has 0 aliphatic rings. The SMILES string of the molecule is CC[C@H](NC(=O)CSc1nnc(-c2cccc([N+](=O)[O-])c2)o1)c1ccc(C)cc1. The second-order valence-electron chi connectivity index (χ2n) is 6.41. The van der Waals surface area contributed by atoms with Crippen molar-refractivity contribution in [2.75, 3.05) is 5.75 Å². The fourth-order valence-electron chi connectivity index (χ4n) is 2.72. The molecule has 0 fully saturated rings. The summed E-state index contributed by atoms with van der Waals surface area (Å²) >= 11 is 1.12. The van der Waals surface area contributed by atoms with Crippen LogP contribution < -0.4 is 5.32 Å². The standard InChI is InChI=1S/C20H20N4O4S/c1-3-17(14-9-7-13(2)8-10-14)21-18(25)12-29-20-23-22-19(28-20)15-5-4-6-16(11-15)24(26)27/h4-11,17H,3,12H2,1-2H3,(H,21,25)/t17-/m0/s1. The predicted octanol–water partition coefficient (Wildman–Crippen LogP) is 4.31. The van der Waals surface area contributed by atoms with Crippen LogP contribution in [0.15, 0.2) is 58.2 Å².